The van der Waals surface area contributed by atoms with E-state index in [4.69, 9.17) is 14.2 Å². The van der Waals surface area contributed by atoms with Gasteiger partial charge in [-0.3, -0.25) is 14.4 Å². The lowest BCUT2D eigenvalue weighted by Gasteiger charge is -2.18. The molecule has 0 spiro atoms. The second-order valence-electron chi connectivity index (χ2n) is 21.3. The molecule has 6 nitrogen and oxygen atoms in total. The Labute approximate surface area is 453 Å². The van der Waals surface area contributed by atoms with Crippen molar-refractivity contribution in [3.63, 3.8) is 0 Å². The number of carbonyl (C=O) groups is 3. The largest absolute Gasteiger partial charge is 0.462 e. The first-order valence-electron chi connectivity index (χ1n) is 31.8. The molecule has 73 heavy (non-hydrogen) atoms. The predicted molar refractivity (Wildman–Crippen MR) is 316 cm³/mol. The van der Waals surface area contributed by atoms with Crippen molar-refractivity contribution in [3.05, 3.63) is 60.8 Å². The molecule has 1 atom stereocenters. The normalized spacial score (nSPS) is 12.4. The number of hydrogen-bond donors (Lipinski definition) is 0. The summed E-state index contributed by atoms with van der Waals surface area (Å²) in [5.74, 6) is -0.902. The Kier molecular flexibility index (Phi) is 59.2. The van der Waals surface area contributed by atoms with E-state index in [1.54, 1.807) is 0 Å². The molecule has 0 aromatic carbocycles. The minimum atomic E-state index is -0.789. The lowest BCUT2D eigenvalue weighted by atomic mass is 10.0. The summed E-state index contributed by atoms with van der Waals surface area (Å²) in [6.07, 6.45) is 77.9. The molecule has 424 valence electrons. The van der Waals surface area contributed by atoms with Crippen molar-refractivity contribution in [2.75, 3.05) is 13.2 Å². The average molecular weight is 1020 g/mol. The van der Waals surface area contributed by atoms with E-state index in [9.17, 15) is 14.4 Å². The topological polar surface area (TPSA) is 78.9 Å². The molecule has 6 heteroatoms. The third-order valence-corrected chi connectivity index (χ3v) is 14.0. The molecular formula is C67H120O6. The average Bonchev–Trinajstić information content (AvgIpc) is 3.39. The number of esters is 3. The Morgan fingerprint density at radius 3 is 0.836 bits per heavy atom. The molecule has 0 aromatic rings. The van der Waals surface area contributed by atoms with Gasteiger partial charge in [0, 0.05) is 19.3 Å². The zero-order valence-corrected chi connectivity index (χ0v) is 48.7. The van der Waals surface area contributed by atoms with Gasteiger partial charge in [-0.25, -0.2) is 0 Å². The molecule has 0 aliphatic heterocycles. The van der Waals surface area contributed by atoms with E-state index in [0.717, 1.165) is 83.5 Å². The van der Waals surface area contributed by atoms with Crippen LogP contribution in [-0.2, 0) is 28.6 Å². The lowest BCUT2D eigenvalue weighted by molar-refractivity contribution is -0.167. The molecule has 0 saturated heterocycles. The quantitative estimate of drug-likeness (QED) is 0.0261. The predicted octanol–water partition coefficient (Wildman–Crippen LogP) is 21.6. The van der Waals surface area contributed by atoms with Gasteiger partial charge in [0.15, 0.2) is 6.10 Å². The maximum absolute atomic E-state index is 12.9. The number of hydrogen-bond acceptors (Lipinski definition) is 6. The molecule has 0 heterocycles. The van der Waals surface area contributed by atoms with Gasteiger partial charge in [-0.2, -0.15) is 0 Å². The number of ether oxygens (including phenoxy) is 3. The van der Waals surface area contributed by atoms with E-state index >= 15 is 0 Å². The molecule has 0 rings (SSSR count). The Morgan fingerprint density at radius 2 is 0.493 bits per heavy atom. The first-order valence-corrected chi connectivity index (χ1v) is 31.8. The molecule has 0 N–H and O–H groups in total. The number of carbonyl (C=O) groups excluding carboxylic acids is 3. The second-order valence-corrected chi connectivity index (χ2v) is 21.3. The maximum atomic E-state index is 12.9. The monoisotopic (exact) mass is 1020 g/mol. The molecule has 0 aliphatic rings. The molecule has 0 bridgehead atoms. The minimum Gasteiger partial charge on any atom is -0.462 e. The van der Waals surface area contributed by atoms with Gasteiger partial charge in [0.2, 0.25) is 0 Å². The highest BCUT2D eigenvalue weighted by Crippen LogP contribution is 2.17. The summed E-state index contributed by atoms with van der Waals surface area (Å²) >= 11 is 0. The van der Waals surface area contributed by atoms with Crippen LogP contribution in [0, 0.1) is 0 Å². The highest BCUT2D eigenvalue weighted by Gasteiger charge is 2.19. The van der Waals surface area contributed by atoms with Crippen LogP contribution in [0.25, 0.3) is 0 Å². The van der Waals surface area contributed by atoms with Crippen molar-refractivity contribution >= 4 is 17.9 Å². The summed E-state index contributed by atoms with van der Waals surface area (Å²) in [5, 5.41) is 0. The van der Waals surface area contributed by atoms with Crippen LogP contribution in [0.5, 0.6) is 0 Å². The summed E-state index contributed by atoms with van der Waals surface area (Å²) in [4.78, 5) is 38.3. The Balaban J connectivity index is 4.37. The summed E-state index contributed by atoms with van der Waals surface area (Å²) in [6, 6.07) is 0. The van der Waals surface area contributed by atoms with Crippen molar-refractivity contribution in [2.45, 2.75) is 335 Å². The maximum Gasteiger partial charge on any atom is 0.306 e. The van der Waals surface area contributed by atoms with Gasteiger partial charge in [0.1, 0.15) is 13.2 Å². The molecule has 0 amide bonds. The van der Waals surface area contributed by atoms with Crippen molar-refractivity contribution in [3.8, 4) is 0 Å². The molecule has 0 radical (unpaired) electrons. The van der Waals surface area contributed by atoms with Crippen LogP contribution in [0.1, 0.15) is 329 Å². The number of rotatable bonds is 58. The van der Waals surface area contributed by atoms with E-state index in [1.165, 1.54) is 205 Å². The Hall–Kier alpha value is -2.89. The molecule has 0 unspecified atom stereocenters. The van der Waals surface area contributed by atoms with E-state index in [0.29, 0.717) is 19.3 Å². The summed E-state index contributed by atoms with van der Waals surface area (Å²) < 4.78 is 16.9. The fraction of sp³-hybridized carbons (Fsp3) is 0.806. The lowest BCUT2D eigenvalue weighted by Crippen LogP contribution is -2.30. The van der Waals surface area contributed by atoms with Gasteiger partial charge < -0.3 is 14.2 Å². The Bertz CT molecular complexity index is 1310. The fourth-order valence-corrected chi connectivity index (χ4v) is 9.19. The summed E-state index contributed by atoms with van der Waals surface area (Å²) in [7, 11) is 0. The van der Waals surface area contributed by atoms with Crippen LogP contribution >= 0.6 is 0 Å². The van der Waals surface area contributed by atoms with Gasteiger partial charge in [-0.05, 0) is 89.9 Å². The second kappa shape index (κ2) is 61.7. The smallest absolute Gasteiger partial charge is 0.306 e. The highest BCUT2D eigenvalue weighted by molar-refractivity contribution is 5.71. The van der Waals surface area contributed by atoms with Crippen LogP contribution in [0.2, 0.25) is 0 Å². The zero-order valence-electron chi connectivity index (χ0n) is 48.7. The van der Waals surface area contributed by atoms with Gasteiger partial charge >= 0.3 is 17.9 Å². The molecule has 0 saturated carbocycles. The molecular weight excluding hydrogens is 901 g/mol. The molecule has 0 aromatic heterocycles. The van der Waals surface area contributed by atoms with Crippen molar-refractivity contribution in [2.24, 2.45) is 0 Å². The summed E-state index contributed by atoms with van der Waals surface area (Å²) in [5.41, 5.74) is 0. The van der Waals surface area contributed by atoms with Crippen LogP contribution in [0.15, 0.2) is 60.8 Å². The van der Waals surface area contributed by atoms with E-state index < -0.39 is 6.10 Å². The fourth-order valence-electron chi connectivity index (χ4n) is 9.19. The standard InChI is InChI=1S/C67H120O6/c1-4-7-10-13-16-19-22-25-28-30-32-33-35-37-40-42-45-48-51-54-57-60-66(69)72-63-64(73-67(70)61-58-55-52-49-46-43-38-27-24-21-18-15-12-9-6-3)62-71-65(68)59-56-53-50-47-44-41-39-36-34-31-29-26-23-20-17-14-11-8-5-2/h17,20-21,24,26,29,34,36,41,44,64H,4-16,18-19,22-23,25,27-28,30-33,35,37-40,42-43,45-63H2,1-3H3/b20-17-,24-21-,29-26-,36-34-,44-41-/t64-/m1/s1. The van der Waals surface area contributed by atoms with Crippen LogP contribution in [0.3, 0.4) is 0 Å². The third-order valence-electron chi connectivity index (χ3n) is 14.0. The van der Waals surface area contributed by atoms with Crippen molar-refractivity contribution < 1.29 is 28.6 Å². The van der Waals surface area contributed by atoms with E-state index in [1.807, 2.05) is 0 Å². The van der Waals surface area contributed by atoms with Gasteiger partial charge in [-0.1, -0.05) is 281 Å². The number of allylic oxidation sites excluding steroid dienone is 10. The minimum absolute atomic E-state index is 0.0831. The molecule has 0 fully saturated rings. The Morgan fingerprint density at radius 1 is 0.274 bits per heavy atom. The SMILES string of the molecule is CCCCC/C=C\C/C=C\C/C=C\C/C=C\CCCCCC(=O)OC[C@H](COC(=O)CCCCCCCCCCCCCCCCCCCCCCC)OC(=O)CCCCCCCCC/C=C\CCCCCC. The third kappa shape index (κ3) is 59.9. The van der Waals surface area contributed by atoms with Crippen molar-refractivity contribution in [1.82, 2.24) is 0 Å². The first kappa shape index (κ1) is 70.1. The number of unbranched alkanes of at least 4 members (excludes halogenated alkanes) is 37. The van der Waals surface area contributed by atoms with Gasteiger partial charge in [0.05, 0.1) is 0 Å². The van der Waals surface area contributed by atoms with Crippen LogP contribution in [0.4, 0.5) is 0 Å². The van der Waals surface area contributed by atoms with Crippen molar-refractivity contribution in [1.29, 1.82) is 0 Å². The summed E-state index contributed by atoms with van der Waals surface area (Å²) in [6.45, 7) is 6.62. The van der Waals surface area contributed by atoms with E-state index in [2.05, 4.69) is 81.5 Å². The molecule has 0 aliphatic carbocycles. The zero-order chi connectivity index (χ0) is 52.9. The van der Waals surface area contributed by atoms with Gasteiger partial charge in [-0.15, -0.1) is 0 Å². The van der Waals surface area contributed by atoms with E-state index in [-0.39, 0.29) is 31.1 Å². The van der Waals surface area contributed by atoms with Crippen LogP contribution in [-0.4, -0.2) is 37.2 Å². The first-order chi connectivity index (χ1) is 36.0. The highest BCUT2D eigenvalue weighted by atomic mass is 16.6. The van der Waals surface area contributed by atoms with Gasteiger partial charge in [0.25, 0.3) is 0 Å². The van der Waals surface area contributed by atoms with Crippen LogP contribution < -0.4 is 0 Å².